The Hall–Kier alpha value is -1.01. The first-order chi connectivity index (χ1) is 7.69. The van der Waals surface area contributed by atoms with Crippen molar-refractivity contribution >= 4 is 23.4 Å². The van der Waals surface area contributed by atoms with Crippen LogP contribution in [0.15, 0.2) is 11.2 Å². The molecule has 1 aromatic rings. The summed E-state index contributed by atoms with van der Waals surface area (Å²) in [7, 11) is 1.69. The van der Waals surface area contributed by atoms with E-state index in [1.807, 2.05) is 6.26 Å². The maximum absolute atomic E-state index is 5.69. The second-order valence-corrected chi connectivity index (χ2v) is 4.14. The van der Waals surface area contributed by atoms with Gasteiger partial charge in [0.15, 0.2) is 5.16 Å². The lowest BCUT2D eigenvalue weighted by Gasteiger charge is -2.16. The lowest BCUT2D eigenvalue weighted by atomic mass is 10.2. The predicted octanol–water partition coefficient (Wildman–Crippen LogP) is 1.62. The summed E-state index contributed by atoms with van der Waals surface area (Å²) in [6.45, 7) is 2.74. The number of aromatic nitrogens is 2. The lowest BCUT2D eigenvalue weighted by Crippen LogP contribution is -2.24. The molecule has 0 saturated carbocycles. The van der Waals surface area contributed by atoms with Crippen LogP contribution in [0, 0.1) is 0 Å². The van der Waals surface area contributed by atoms with E-state index in [0.717, 1.165) is 12.2 Å². The summed E-state index contributed by atoms with van der Waals surface area (Å²) in [5.41, 5.74) is 5.69. The molecule has 0 amide bonds. The molecular formula is C10H18N4OS. The number of ether oxygens (including phenoxy) is 1. The molecule has 0 aliphatic carbocycles. The number of methoxy groups -OCH3 is 1. The molecule has 0 bridgehead atoms. The van der Waals surface area contributed by atoms with Gasteiger partial charge in [-0.2, -0.15) is 0 Å². The number of nitrogens with two attached hydrogens (primary N) is 1. The fourth-order valence-electron chi connectivity index (χ4n) is 1.28. The third-order valence-electron chi connectivity index (χ3n) is 2.12. The molecule has 5 nitrogen and oxygen atoms in total. The summed E-state index contributed by atoms with van der Waals surface area (Å²) in [4.78, 5) is 8.42. The number of hydrogen-bond acceptors (Lipinski definition) is 6. The average molecular weight is 242 g/mol. The number of hydrogen-bond donors (Lipinski definition) is 2. The van der Waals surface area contributed by atoms with Crippen LogP contribution in [-0.2, 0) is 4.74 Å². The highest BCUT2D eigenvalue weighted by Crippen LogP contribution is 2.16. The maximum Gasteiger partial charge on any atom is 0.191 e. The third kappa shape index (κ3) is 3.86. The Labute approximate surface area is 100 Å². The molecule has 3 N–H and O–H groups in total. The van der Waals surface area contributed by atoms with Crippen LogP contribution in [0.25, 0.3) is 0 Å². The smallest absolute Gasteiger partial charge is 0.191 e. The highest BCUT2D eigenvalue weighted by Gasteiger charge is 2.08. The first-order valence-corrected chi connectivity index (χ1v) is 6.36. The van der Waals surface area contributed by atoms with Crippen molar-refractivity contribution in [1.29, 1.82) is 0 Å². The molecule has 0 aromatic carbocycles. The van der Waals surface area contributed by atoms with Crippen molar-refractivity contribution in [2.75, 3.05) is 31.0 Å². The molecule has 1 unspecified atom stereocenters. The standard InChI is InChI=1S/C10H18N4OS/c1-4-7(6-15-2)12-9-5-8(11)13-10(14-9)16-3/h5,7H,4,6H2,1-3H3,(H3,11,12,13,14). The van der Waals surface area contributed by atoms with Crippen molar-refractivity contribution in [1.82, 2.24) is 9.97 Å². The van der Waals surface area contributed by atoms with Crippen LogP contribution in [0.2, 0.25) is 0 Å². The van der Waals surface area contributed by atoms with Gasteiger partial charge in [0.05, 0.1) is 12.6 Å². The van der Waals surface area contributed by atoms with Crippen molar-refractivity contribution in [3.8, 4) is 0 Å². The van der Waals surface area contributed by atoms with Gasteiger partial charge in [-0.25, -0.2) is 9.97 Å². The summed E-state index contributed by atoms with van der Waals surface area (Å²) in [5.74, 6) is 1.23. The van der Waals surface area contributed by atoms with Crippen molar-refractivity contribution in [2.24, 2.45) is 0 Å². The highest BCUT2D eigenvalue weighted by atomic mass is 32.2. The summed E-state index contributed by atoms with van der Waals surface area (Å²) >= 11 is 1.47. The van der Waals surface area contributed by atoms with Gasteiger partial charge in [-0.05, 0) is 12.7 Å². The molecule has 0 spiro atoms. The van der Waals surface area contributed by atoms with Crippen molar-refractivity contribution in [2.45, 2.75) is 24.5 Å². The number of nitrogens with one attached hydrogen (secondary N) is 1. The molecule has 0 aliphatic heterocycles. The molecule has 90 valence electrons. The van der Waals surface area contributed by atoms with E-state index in [-0.39, 0.29) is 6.04 Å². The Balaban J connectivity index is 2.74. The van der Waals surface area contributed by atoms with Crippen LogP contribution in [0.3, 0.4) is 0 Å². The van der Waals surface area contributed by atoms with Crippen LogP contribution >= 0.6 is 11.8 Å². The van der Waals surface area contributed by atoms with E-state index in [9.17, 15) is 0 Å². The van der Waals surface area contributed by atoms with Crippen LogP contribution < -0.4 is 11.1 Å². The van der Waals surface area contributed by atoms with Gasteiger partial charge in [0, 0.05) is 13.2 Å². The van der Waals surface area contributed by atoms with E-state index >= 15 is 0 Å². The van der Waals surface area contributed by atoms with Crippen LogP contribution in [-0.4, -0.2) is 36.0 Å². The normalized spacial score (nSPS) is 12.4. The number of anilines is 2. The fourth-order valence-corrected chi connectivity index (χ4v) is 1.67. The third-order valence-corrected chi connectivity index (χ3v) is 2.67. The monoisotopic (exact) mass is 242 g/mol. The van der Waals surface area contributed by atoms with E-state index < -0.39 is 0 Å². The van der Waals surface area contributed by atoms with Gasteiger partial charge in [0.2, 0.25) is 0 Å². The second kappa shape index (κ2) is 6.55. The van der Waals surface area contributed by atoms with Gasteiger partial charge in [-0.3, -0.25) is 0 Å². The fraction of sp³-hybridized carbons (Fsp3) is 0.600. The molecule has 0 radical (unpaired) electrons. The largest absolute Gasteiger partial charge is 0.383 e. The summed E-state index contributed by atoms with van der Waals surface area (Å²) in [5, 5.41) is 3.95. The van der Waals surface area contributed by atoms with E-state index in [4.69, 9.17) is 10.5 Å². The van der Waals surface area contributed by atoms with Gasteiger partial charge >= 0.3 is 0 Å². The zero-order valence-electron chi connectivity index (χ0n) is 9.86. The molecule has 1 atom stereocenters. The van der Waals surface area contributed by atoms with Crippen LogP contribution in [0.5, 0.6) is 0 Å². The number of nitrogens with zero attached hydrogens (tertiary/aromatic N) is 2. The highest BCUT2D eigenvalue weighted by molar-refractivity contribution is 7.98. The van der Waals surface area contributed by atoms with Crippen LogP contribution in [0.1, 0.15) is 13.3 Å². The molecule has 1 heterocycles. The zero-order valence-corrected chi connectivity index (χ0v) is 10.7. The van der Waals surface area contributed by atoms with Crippen molar-refractivity contribution in [3.63, 3.8) is 0 Å². The summed E-state index contributed by atoms with van der Waals surface area (Å²) in [6.07, 6.45) is 2.89. The van der Waals surface area contributed by atoms with Crippen LogP contribution in [0.4, 0.5) is 11.6 Å². The lowest BCUT2D eigenvalue weighted by molar-refractivity contribution is 0.184. The van der Waals surface area contributed by atoms with Crippen molar-refractivity contribution in [3.05, 3.63) is 6.07 Å². The van der Waals surface area contributed by atoms with Gasteiger partial charge in [0.1, 0.15) is 11.6 Å². The first-order valence-electron chi connectivity index (χ1n) is 5.13. The maximum atomic E-state index is 5.69. The van der Waals surface area contributed by atoms with E-state index in [1.54, 1.807) is 13.2 Å². The number of nitrogen functional groups attached to an aromatic ring is 1. The molecule has 1 rings (SSSR count). The minimum atomic E-state index is 0.244. The SMILES string of the molecule is CCC(COC)Nc1cc(N)nc(SC)n1. The molecule has 1 aromatic heterocycles. The molecule has 6 heteroatoms. The Kier molecular flexibility index (Phi) is 5.34. The zero-order chi connectivity index (χ0) is 12.0. The van der Waals surface area contributed by atoms with E-state index in [1.165, 1.54) is 11.8 Å². The van der Waals surface area contributed by atoms with Crippen molar-refractivity contribution < 1.29 is 4.74 Å². The topological polar surface area (TPSA) is 73.1 Å². The first kappa shape index (κ1) is 13.1. The average Bonchev–Trinajstić information content (AvgIpc) is 2.27. The molecule has 0 fully saturated rings. The Bertz CT molecular complexity index is 335. The van der Waals surface area contributed by atoms with Gasteiger partial charge in [-0.15, -0.1) is 0 Å². The Morgan fingerprint density at radius 1 is 1.56 bits per heavy atom. The molecular weight excluding hydrogens is 224 g/mol. The molecule has 0 saturated heterocycles. The number of thioether (sulfide) groups is 1. The minimum absolute atomic E-state index is 0.244. The van der Waals surface area contributed by atoms with Gasteiger partial charge in [0.25, 0.3) is 0 Å². The second-order valence-electron chi connectivity index (χ2n) is 3.37. The van der Waals surface area contributed by atoms with Gasteiger partial charge < -0.3 is 15.8 Å². The Morgan fingerprint density at radius 2 is 2.31 bits per heavy atom. The Morgan fingerprint density at radius 3 is 2.88 bits per heavy atom. The predicted molar refractivity (Wildman–Crippen MR) is 67.8 cm³/mol. The molecule has 16 heavy (non-hydrogen) atoms. The van der Waals surface area contributed by atoms with Gasteiger partial charge in [-0.1, -0.05) is 18.7 Å². The quantitative estimate of drug-likeness (QED) is 0.583. The number of rotatable bonds is 6. The van der Waals surface area contributed by atoms with E-state index in [0.29, 0.717) is 17.6 Å². The minimum Gasteiger partial charge on any atom is -0.383 e. The molecule has 0 aliphatic rings. The summed E-state index contributed by atoms with van der Waals surface area (Å²) in [6, 6.07) is 1.98. The summed E-state index contributed by atoms with van der Waals surface area (Å²) < 4.78 is 5.11. The van der Waals surface area contributed by atoms with E-state index in [2.05, 4.69) is 22.2 Å².